The van der Waals surface area contributed by atoms with E-state index >= 15 is 0 Å². The number of ketones is 2. The van der Waals surface area contributed by atoms with Crippen LogP contribution in [-0.2, 0) is 4.79 Å². The Kier molecular flexibility index (Phi) is 7.10. The number of allylic oxidation sites excluding steroid dienone is 1. The van der Waals surface area contributed by atoms with Crippen LogP contribution >= 0.6 is 0 Å². The summed E-state index contributed by atoms with van der Waals surface area (Å²) in [6, 6.07) is 11.9. The second-order valence-corrected chi connectivity index (χ2v) is 8.05. The SMILES string of the molecule is COc1cc2nc(C=CC(=O)c3ccc(C(=O)N4CCC(=O)CC4)cc3)ccc2c(OC)c1OC. The predicted molar refractivity (Wildman–Crippen MR) is 131 cm³/mol. The van der Waals surface area contributed by atoms with Crippen LogP contribution in [0, 0.1) is 0 Å². The van der Waals surface area contributed by atoms with Crippen molar-refractivity contribution in [1.29, 1.82) is 0 Å². The quantitative estimate of drug-likeness (QED) is 0.378. The zero-order valence-corrected chi connectivity index (χ0v) is 19.9. The first kappa shape index (κ1) is 23.9. The normalized spacial score (nSPS) is 13.8. The van der Waals surface area contributed by atoms with Gasteiger partial charge >= 0.3 is 0 Å². The Labute approximate surface area is 203 Å². The number of Topliss-reactive ketones (excluding diaryl/α,β-unsaturated/α-hetero) is 1. The number of aromatic nitrogens is 1. The van der Waals surface area contributed by atoms with Gasteiger partial charge in [-0.25, -0.2) is 4.98 Å². The van der Waals surface area contributed by atoms with Crippen molar-refractivity contribution in [3.8, 4) is 17.2 Å². The monoisotopic (exact) mass is 474 g/mol. The lowest BCUT2D eigenvalue weighted by atomic mass is 10.0. The summed E-state index contributed by atoms with van der Waals surface area (Å²) in [6.07, 6.45) is 3.86. The zero-order chi connectivity index (χ0) is 24.9. The van der Waals surface area contributed by atoms with Crippen LogP contribution < -0.4 is 14.2 Å². The third-order valence-corrected chi connectivity index (χ3v) is 5.95. The van der Waals surface area contributed by atoms with Gasteiger partial charge in [-0.05, 0) is 36.4 Å². The maximum Gasteiger partial charge on any atom is 0.253 e. The Morgan fingerprint density at radius 2 is 1.54 bits per heavy atom. The number of likely N-dealkylation sites (tertiary alicyclic amines) is 1. The molecule has 2 aromatic carbocycles. The topological polar surface area (TPSA) is 95.0 Å². The highest BCUT2D eigenvalue weighted by Crippen LogP contribution is 2.42. The number of amides is 1. The van der Waals surface area contributed by atoms with Crippen molar-refractivity contribution in [1.82, 2.24) is 9.88 Å². The molecule has 0 spiro atoms. The fourth-order valence-electron chi connectivity index (χ4n) is 4.03. The molecule has 1 aliphatic rings. The van der Waals surface area contributed by atoms with Gasteiger partial charge < -0.3 is 19.1 Å². The standard InChI is InChI=1S/C27H26N2O6/c1-33-24-16-22-21(25(34-2)26(24)35-3)10-8-19(28-22)9-11-23(31)17-4-6-18(7-5-17)27(32)29-14-12-20(30)13-15-29/h4-11,16H,12-15H2,1-3H3. The Morgan fingerprint density at radius 1 is 0.886 bits per heavy atom. The number of hydrogen-bond donors (Lipinski definition) is 0. The number of piperidine rings is 1. The molecule has 0 N–H and O–H groups in total. The first-order chi connectivity index (χ1) is 16.9. The number of pyridine rings is 1. The first-order valence-corrected chi connectivity index (χ1v) is 11.2. The van der Waals surface area contributed by atoms with Crippen molar-refractivity contribution in [3.05, 3.63) is 65.4 Å². The predicted octanol–water partition coefficient (Wildman–Crippen LogP) is 3.96. The average molecular weight is 475 g/mol. The van der Waals surface area contributed by atoms with Gasteiger partial charge in [0.05, 0.1) is 32.5 Å². The molecule has 8 nitrogen and oxygen atoms in total. The average Bonchev–Trinajstić information content (AvgIpc) is 2.90. The third kappa shape index (κ3) is 5.01. The number of methoxy groups -OCH3 is 3. The molecular formula is C27H26N2O6. The molecule has 0 radical (unpaired) electrons. The molecule has 4 rings (SSSR count). The molecule has 180 valence electrons. The van der Waals surface area contributed by atoms with Crippen LogP contribution in [0.25, 0.3) is 17.0 Å². The fraction of sp³-hybridized carbons (Fsp3) is 0.259. The molecule has 8 heteroatoms. The van der Waals surface area contributed by atoms with Gasteiger partial charge in [0.1, 0.15) is 5.78 Å². The summed E-state index contributed by atoms with van der Waals surface area (Å²) >= 11 is 0. The molecule has 1 amide bonds. The molecule has 1 aromatic heterocycles. The molecule has 0 saturated carbocycles. The minimum absolute atomic E-state index is 0.130. The second-order valence-electron chi connectivity index (χ2n) is 8.05. The van der Waals surface area contributed by atoms with E-state index in [2.05, 4.69) is 4.98 Å². The van der Waals surface area contributed by atoms with Crippen molar-refractivity contribution in [2.45, 2.75) is 12.8 Å². The number of benzene rings is 2. The number of hydrogen-bond acceptors (Lipinski definition) is 7. The minimum atomic E-state index is -0.209. The summed E-state index contributed by atoms with van der Waals surface area (Å²) in [6.45, 7) is 0.870. The number of ether oxygens (including phenoxy) is 3. The lowest BCUT2D eigenvalue weighted by molar-refractivity contribution is -0.120. The van der Waals surface area contributed by atoms with E-state index in [0.29, 0.717) is 65.5 Å². The van der Waals surface area contributed by atoms with Gasteiger partial charge in [-0.1, -0.05) is 12.1 Å². The van der Waals surface area contributed by atoms with Gasteiger partial charge in [0.2, 0.25) is 5.75 Å². The smallest absolute Gasteiger partial charge is 0.253 e. The van der Waals surface area contributed by atoms with Crippen LogP contribution in [0.5, 0.6) is 17.2 Å². The summed E-state index contributed by atoms with van der Waals surface area (Å²) in [7, 11) is 4.63. The molecule has 1 aliphatic heterocycles. The molecule has 1 fully saturated rings. The number of rotatable bonds is 7. The summed E-state index contributed by atoms with van der Waals surface area (Å²) in [4.78, 5) is 43.0. The molecule has 1 saturated heterocycles. The zero-order valence-electron chi connectivity index (χ0n) is 19.9. The summed E-state index contributed by atoms with van der Waals surface area (Å²) in [5.41, 5.74) is 2.18. The van der Waals surface area contributed by atoms with Gasteiger partial charge in [-0.3, -0.25) is 14.4 Å². The number of nitrogens with zero attached hydrogens (tertiary/aromatic N) is 2. The van der Waals surface area contributed by atoms with Crippen molar-refractivity contribution in [3.63, 3.8) is 0 Å². The van der Waals surface area contributed by atoms with E-state index < -0.39 is 0 Å². The Balaban J connectivity index is 1.50. The van der Waals surface area contributed by atoms with E-state index in [0.717, 1.165) is 5.39 Å². The molecular weight excluding hydrogens is 448 g/mol. The Hall–Kier alpha value is -4.20. The number of carbonyl (C=O) groups is 3. The lowest BCUT2D eigenvalue weighted by Gasteiger charge is -2.26. The number of carbonyl (C=O) groups excluding carboxylic acids is 3. The van der Waals surface area contributed by atoms with Crippen LogP contribution in [0.4, 0.5) is 0 Å². The molecule has 2 heterocycles. The van der Waals surface area contributed by atoms with Crippen molar-refractivity contribution < 1.29 is 28.6 Å². The van der Waals surface area contributed by atoms with Gasteiger partial charge in [-0.2, -0.15) is 0 Å². The maximum atomic E-state index is 12.7. The van der Waals surface area contributed by atoms with Crippen LogP contribution in [-0.4, -0.2) is 61.8 Å². The van der Waals surface area contributed by atoms with Crippen LogP contribution in [0.15, 0.2) is 48.5 Å². The maximum absolute atomic E-state index is 12.7. The molecule has 0 unspecified atom stereocenters. The van der Waals surface area contributed by atoms with E-state index in [9.17, 15) is 14.4 Å². The van der Waals surface area contributed by atoms with E-state index in [-0.39, 0.29) is 17.5 Å². The fourth-order valence-corrected chi connectivity index (χ4v) is 4.03. The van der Waals surface area contributed by atoms with Gasteiger partial charge in [0.25, 0.3) is 5.91 Å². The van der Waals surface area contributed by atoms with Crippen LogP contribution in [0.1, 0.15) is 39.3 Å². The van der Waals surface area contributed by atoms with Crippen LogP contribution in [0.2, 0.25) is 0 Å². The summed E-state index contributed by atoms with van der Waals surface area (Å²) in [5, 5.41) is 0.756. The third-order valence-electron chi connectivity index (χ3n) is 5.95. The van der Waals surface area contributed by atoms with Gasteiger partial charge in [0, 0.05) is 48.5 Å². The van der Waals surface area contributed by atoms with Crippen molar-refractivity contribution in [2.75, 3.05) is 34.4 Å². The van der Waals surface area contributed by atoms with Crippen molar-refractivity contribution in [2.24, 2.45) is 0 Å². The summed E-state index contributed by atoms with van der Waals surface area (Å²) in [5.74, 6) is 1.34. The summed E-state index contributed by atoms with van der Waals surface area (Å²) < 4.78 is 16.3. The largest absolute Gasteiger partial charge is 0.493 e. The first-order valence-electron chi connectivity index (χ1n) is 11.2. The van der Waals surface area contributed by atoms with Crippen molar-refractivity contribution >= 4 is 34.5 Å². The molecule has 3 aromatic rings. The van der Waals surface area contributed by atoms with E-state index in [4.69, 9.17) is 14.2 Å². The Bertz CT molecular complexity index is 1300. The van der Waals surface area contributed by atoms with E-state index in [1.165, 1.54) is 13.2 Å². The van der Waals surface area contributed by atoms with E-state index in [1.807, 2.05) is 6.07 Å². The Morgan fingerprint density at radius 3 is 2.17 bits per heavy atom. The highest BCUT2D eigenvalue weighted by Gasteiger charge is 2.22. The van der Waals surface area contributed by atoms with Gasteiger partial charge in [-0.15, -0.1) is 0 Å². The highest BCUT2D eigenvalue weighted by molar-refractivity contribution is 6.07. The van der Waals surface area contributed by atoms with Crippen LogP contribution in [0.3, 0.4) is 0 Å². The minimum Gasteiger partial charge on any atom is -0.493 e. The lowest BCUT2D eigenvalue weighted by Crippen LogP contribution is -2.38. The molecule has 0 aliphatic carbocycles. The molecule has 0 atom stereocenters. The number of fused-ring (bicyclic) bond motifs is 1. The van der Waals surface area contributed by atoms with Gasteiger partial charge in [0.15, 0.2) is 17.3 Å². The molecule has 0 bridgehead atoms. The molecule has 35 heavy (non-hydrogen) atoms. The van der Waals surface area contributed by atoms with E-state index in [1.54, 1.807) is 61.6 Å². The second kappa shape index (κ2) is 10.4. The highest BCUT2D eigenvalue weighted by atomic mass is 16.5.